The third-order valence-electron chi connectivity index (χ3n) is 1.33. The normalized spacial score (nSPS) is 10.5. The molecule has 0 aliphatic carbocycles. The molecule has 0 heterocycles. The SMILES string of the molecule is CNC(=O)NC(C)(C)C(=N)N. The molecule has 0 saturated carbocycles. The van der Waals surface area contributed by atoms with Gasteiger partial charge < -0.3 is 16.4 Å². The van der Waals surface area contributed by atoms with Crippen molar-refractivity contribution in [3.63, 3.8) is 0 Å². The second-order valence-electron chi connectivity index (χ2n) is 2.74. The zero-order valence-electron chi connectivity index (χ0n) is 6.99. The first-order valence-corrected chi connectivity index (χ1v) is 3.24. The third-order valence-corrected chi connectivity index (χ3v) is 1.33. The van der Waals surface area contributed by atoms with Gasteiger partial charge in [-0.05, 0) is 13.8 Å². The molecule has 0 saturated heterocycles. The lowest BCUT2D eigenvalue weighted by atomic mass is 10.1. The highest BCUT2D eigenvalue weighted by Gasteiger charge is 2.22. The molecule has 0 aromatic rings. The Morgan fingerprint density at radius 3 is 2.27 bits per heavy atom. The van der Waals surface area contributed by atoms with Gasteiger partial charge in [-0.15, -0.1) is 0 Å². The highest BCUT2D eigenvalue weighted by atomic mass is 16.2. The number of rotatable bonds is 2. The third kappa shape index (κ3) is 2.88. The Bertz CT molecular complexity index is 175. The van der Waals surface area contributed by atoms with Crippen molar-refractivity contribution in [1.82, 2.24) is 10.6 Å². The van der Waals surface area contributed by atoms with Crippen LogP contribution in [0.2, 0.25) is 0 Å². The minimum absolute atomic E-state index is 0.0684. The molecule has 5 nitrogen and oxygen atoms in total. The maximum Gasteiger partial charge on any atom is 0.315 e. The molecule has 0 atom stereocenters. The van der Waals surface area contributed by atoms with E-state index in [1.165, 1.54) is 7.05 Å². The molecule has 0 radical (unpaired) electrons. The van der Waals surface area contributed by atoms with Crippen LogP contribution in [0, 0.1) is 5.41 Å². The van der Waals surface area contributed by atoms with Gasteiger partial charge in [0.25, 0.3) is 0 Å². The molecule has 0 bridgehead atoms. The lowest BCUT2D eigenvalue weighted by molar-refractivity contribution is 0.237. The number of hydrogen-bond donors (Lipinski definition) is 4. The van der Waals surface area contributed by atoms with Crippen molar-refractivity contribution >= 4 is 11.9 Å². The molecule has 0 aliphatic rings. The van der Waals surface area contributed by atoms with E-state index in [9.17, 15) is 4.79 Å². The van der Waals surface area contributed by atoms with Crippen LogP contribution in [-0.4, -0.2) is 24.5 Å². The maximum absolute atomic E-state index is 10.8. The number of hydrogen-bond acceptors (Lipinski definition) is 2. The minimum Gasteiger partial charge on any atom is -0.386 e. The van der Waals surface area contributed by atoms with Gasteiger partial charge >= 0.3 is 6.03 Å². The zero-order valence-corrected chi connectivity index (χ0v) is 6.99. The second kappa shape index (κ2) is 3.23. The fraction of sp³-hybridized carbons (Fsp3) is 0.667. The Morgan fingerprint density at radius 2 is 2.00 bits per heavy atom. The standard InChI is InChI=1S/C6H14N4O/c1-6(2,4(7)8)10-5(11)9-3/h1-3H3,(H3,7,8)(H2,9,10,11). The van der Waals surface area contributed by atoms with Gasteiger partial charge in [-0.2, -0.15) is 0 Å². The van der Waals surface area contributed by atoms with Crippen LogP contribution in [0.5, 0.6) is 0 Å². The van der Waals surface area contributed by atoms with Gasteiger partial charge in [0.1, 0.15) is 5.84 Å². The number of urea groups is 1. The van der Waals surface area contributed by atoms with Crippen LogP contribution in [0.1, 0.15) is 13.8 Å². The van der Waals surface area contributed by atoms with Gasteiger partial charge in [0, 0.05) is 7.05 Å². The van der Waals surface area contributed by atoms with Gasteiger partial charge in [0.05, 0.1) is 5.54 Å². The van der Waals surface area contributed by atoms with Gasteiger partial charge in [0.2, 0.25) is 0 Å². The van der Waals surface area contributed by atoms with E-state index in [-0.39, 0.29) is 11.9 Å². The van der Waals surface area contributed by atoms with Crippen molar-refractivity contribution < 1.29 is 4.79 Å². The van der Waals surface area contributed by atoms with Crippen molar-refractivity contribution in [2.45, 2.75) is 19.4 Å². The van der Waals surface area contributed by atoms with Gasteiger partial charge in [-0.3, -0.25) is 5.41 Å². The summed E-state index contributed by atoms with van der Waals surface area (Å²) in [6.07, 6.45) is 0. The Hall–Kier alpha value is -1.26. The van der Waals surface area contributed by atoms with Gasteiger partial charge in [-0.25, -0.2) is 4.79 Å². The molecule has 0 fully saturated rings. The average molecular weight is 158 g/mol. The van der Waals surface area contributed by atoms with E-state index < -0.39 is 5.54 Å². The molecule has 0 aromatic carbocycles. The Labute approximate surface area is 65.9 Å². The summed E-state index contributed by atoms with van der Waals surface area (Å²) in [7, 11) is 1.51. The first-order chi connectivity index (χ1) is 4.90. The molecule has 5 N–H and O–H groups in total. The van der Waals surface area contributed by atoms with Crippen molar-refractivity contribution in [2.24, 2.45) is 5.73 Å². The summed E-state index contributed by atoms with van der Waals surface area (Å²) in [6, 6.07) is -0.342. The van der Waals surface area contributed by atoms with E-state index >= 15 is 0 Å². The van der Waals surface area contributed by atoms with Crippen LogP contribution in [0.4, 0.5) is 4.79 Å². The first kappa shape index (κ1) is 9.74. The van der Waals surface area contributed by atoms with E-state index in [2.05, 4.69) is 10.6 Å². The minimum atomic E-state index is -0.778. The number of carbonyl (C=O) groups excluding carboxylic acids is 1. The Kier molecular flexibility index (Phi) is 2.86. The summed E-state index contributed by atoms with van der Waals surface area (Å²) in [6.45, 7) is 3.31. The first-order valence-electron chi connectivity index (χ1n) is 3.24. The highest BCUT2D eigenvalue weighted by Crippen LogP contribution is 1.99. The summed E-state index contributed by atoms with van der Waals surface area (Å²) in [5.41, 5.74) is 4.44. The van der Waals surface area contributed by atoms with E-state index in [0.717, 1.165) is 0 Å². The number of nitrogens with two attached hydrogens (primary N) is 1. The Morgan fingerprint density at radius 1 is 1.55 bits per heavy atom. The number of amidine groups is 1. The van der Waals surface area contributed by atoms with Crippen molar-refractivity contribution in [1.29, 1.82) is 5.41 Å². The van der Waals surface area contributed by atoms with Crippen molar-refractivity contribution in [2.75, 3.05) is 7.05 Å². The largest absolute Gasteiger partial charge is 0.386 e. The lowest BCUT2D eigenvalue weighted by Crippen LogP contribution is -2.54. The molecule has 5 heteroatoms. The van der Waals surface area contributed by atoms with Crippen LogP contribution < -0.4 is 16.4 Å². The molecular weight excluding hydrogens is 144 g/mol. The van der Waals surface area contributed by atoms with Crippen LogP contribution in [0.3, 0.4) is 0 Å². The van der Waals surface area contributed by atoms with E-state index in [1.54, 1.807) is 13.8 Å². The molecule has 0 rings (SSSR count). The highest BCUT2D eigenvalue weighted by molar-refractivity contribution is 5.90. The van der Waals surface area contributed by atoms with Gasteiger partial charge in [-0.1, -0.05) is 0 Å². The van der Waals surface area contributed by atoms with Crippen molar-refractivity contribution in [3.8, 4) is 0 Å². The quantitative estimate of drug-likeness (QED) is 0.326. The molecule has 11 heavy (non-hydrogen) atoms. The summed E-state index contributed by atoms with van der Waals surface area (Å²) in [5.74, 6) is -0.0684. The Balaban J connectivity index is 4.12. The molecule has 64 valence electrons. The van der Waals surface area contributed by atoms with Crippen LogP contribution in [0.15, 0.2) is 0 Å². The average Bonchev–Trinajstić information content (AvgIpc) is 1.86. The maximum atomic E-state index is 10.8. The number of carbonyl (C=O) groups is 1. The van der Waals surface area contributed by atoms with Crippen LogP contribution in [0.25, 0.3) is 0 Å². The fourth-order valence-corrected chi connectivity index (χ4v) is 0.414. The molecule has 2 amide bonds. The monoisotopic (exact) mass is 158 g/mol. The summed E-state index contributed by atoms with van der Waals surface area (Å²) in [5, 5.41) is 12.0. The predicted octanol–water partition coefficient (Wildman–Crippen LogP) is -0.370. The molecule has 0 aromatic heterocycles. The molecule has 0 unspecified atom stereocenters. The summed E-state index contributed by atoms with van der Waals surface area (Å²) in [4.78, 5) is 10.8. The van der Waals surface area contributed by atoms with Crippen LogP contribution >= 0.6 is 0 Å². The number of amides is 2. The summed E-state index contributed by atoms with van der Waals surface area (Å²) >= 11 is 0. The van der Waals surface area contributed by atoms with E-state index in [0.29, 0.717) is 0 Å². The number of nitrogens with one attached hydrogen (secondary N) is 3. The van der Waals surface area contributed by atoms with E-state index in [4.69, 9.17) is 11.1 Å². The lowest BCUT2D eigenvalue weighted by Gasteiger charge is -2.23. The second-order valence-corrected chi connectivity index (χ2v) is 2.74. The predicted molar refractivity (Wildman–Crippen MR) is 43.6 cm³/mol. The smallest absolute Gasteiger partial charge is 0.315 e. The van der Waals surface area contributed by atoms with Crippen molar-refractivity contribution in [3.05, 3.63) is 0 Å². The van der Waals surface area contributed by atoms with E-state index in [1.807, 2.05) is 0 Å². The fourth-order valence-electron chi connectivity index (χ4n) is 0.414. The molecule has 0 spiro atoms. The summed E-state index contributed by atoms with van der Waals surface area (Å²) < 4.78 is 0. The topological polar surface area (TPSA) is 91.0 Å². The molecular formula is C6H14N4O. The zero-order chi connectivity index (χ0) is 9.07. The molecule has 0 aliphatic heterocycles. The van der Waals surface area contributed by atoms with Crippen LogP contribution in [-0.2, 0) is 0 Å². The van der Waals surface area contributed by atoms with Gasteiger partial charge in [0.15, 0.2) is 0 Å².